The predicted octanol–water partition coefficient (Wildman–Crippen LogP) is 2.17. The molecule has 0 aliphatic rings. The number of ether oxygens (including phenoxy) is 1. The first-order valence-electron chi connectivity index (χ1n) is 4.91. The van der Waals surface area contributed by atoms with Crippen LogP contribution in [-0.2, 0) is 4.79 Å². The average Bonchev–Trinajstić information content (AvgIpc) is 2.24. The molecule has 0 amide bonds. The number of hydrogen-bond acceptors (Lipinski definition) is 3. The third-order valence-corrected chi connectivity index (χ3v) is 2.13. The smallest absolute Gasteiger partial charge is 0.154 e. The maximum atomic E-state index is 10.8. The molecule has 0 atom stereocenters. The molecule has 0 heterocycles. The lowest BCUT2D eigenvalue weighted by Gasteiger charge is -2.08. The fraction of sp³-hybridized carbons (Fsp3) is 0.333. The number of aryl methyl sites for hydroxylation is 1. The lowest BCUT2D eigenvalue weighted by molar-refractivity contribution is -0.108. The molecule has 0 aliphatic heterocycles. The van der Waals surface area contributed by atoms with Crippen LogP contribution in [0.2, 0.25) is 0 Å². The molecular weight excluding hydrogens is 192 g/mol. The van der Waals surface area contributed by atoms with E-state index in [1.807, 2.05) is 19.1 Å². The number of carbonyl (C=O) groups is 2. The minimum Gasteiger partial charge on any atom is -0.493 e. The second-order valence-corrected chi connectivity index (χ2v) is 3.26. The molecule has 0 fully saturated rings. The van der Waals surface area contributed by atoms with Gasteiger partial charge in [0, 0.05) is 6.42 Å². The number of benzene rings is 1. The van der Waals surface area contributed by atoms with Crippen LogP contribution in [0.4, 0.5) is 0 Å². The van der Waals surface area contributed by atoms with Crippen LogP contribution in [0.5, 0.6) is 5.75 Å². The van der Waals surface area contributed by atoms with E-state index in [-0.39, 0.29) is 0 Å². The van der Waals surface area contributed by atoms with Crippen molar-refractivity contribution in [2.45, 2.75) is 19.8 Å². The molecule has 80 valence electrons. The molecule has 0 saturated carbocycles. The summed E-state index contributed by atoms with van der Waals surface area (Å²) in [6.45, 7) is 2.32. The lowest BCUT2D eigenvalue weighted by atomic mass is 10.1. The van der Waals surface area contributed by atoms with E-state index in [4.69, 9.17) is 4.74 Å². The van der Waals surface area contributed by atoms with E-state index in [2.05, 4.69) is 0 Å². The zero-order chi connectivity index (χ0) is 11.1. The number of rotatable bonds is 6. The Morgan fingerprint density at radius 2 is 2.13 bits per heavy atom. The van der Waals surface area contributed by atoms with Crippen molar-refractivity contribution in [1.82, 2.24) is 0 Å². The Bertz CT molecular complexity index is 345. The highest BCUT2D eigenvalue weighted by Gasteiger charge is 2.04. The average molecular weight is 206 g/mol. The van der Waals surface area contributed by atoms with Gasteiger partial charge in [-0.25, -0.2) is 0 Å². The summed E-state index contributed by atoms with van der Waals surface area (Å²) in [6, 6.07) is 5.47. The second-order valence-electron chi connectivity index (χ2n) is 3.26. The summed E-state index contributed by atoms with van der Waals surface area (Å²) in [6.07, 6.45) is 2.82. The highest BCUT2D eigenvalue weighted by molar-refractivity contribution is 5.81. The monoisotopic (exact) mass is 206 g/mol. The molecule has 0 bridgehead atoms. The lowest BCUT2D eigenvalue weighted by Crippen LogP contribution is -2.01. The van der Waals surface area contributed by atoms with Gasteiger partial charge in [0.25, 0.3) is 0 Å². The zero-order valence-electron chi connectivity index (χ0n) is 8.73. The van der Waals surface area contributed by atoms with E-state index < -0.39 is 0 Å². The van der Waals surface area contributed by atoms with Crippen LogP contribution >= 0.6 is 0 Å². The molecule has 15 heavy (non-hydrogen) atoms. The van der Waals surface area contributed by atoms with Crippen molar-refractivity contribution in [3.8, 4) is 5.75 Å². The minimum atomic E-state index is 0.461. The van der Waals surface area contributed by atoms with Crippen LogP contribution < -0.4 is 4.74 Å². The number of unbranched alkanes of at least 4 members (excludes halogenated alkanes) is 1. The Morgan fingerprint density at radius 1 is 1.33 bits per heavy atom. The highest BCUT2D eigenvalue weighted by atomic mass is 16.5. The van der Waals surface area contributed by atoms with Gasteiger partial charge in [-0.05, 0) is 25.0 Å². The van der Waals surface area contributed by atoms with Crippen molar-refractivity contribution in [2.75, 3.05) is 6.61 Å². The van der Waals surface area contributed by atoms with E-state index in [0.717, 1.165) is 18.1 Å². The minimum absolute atomic E-state index is 0.461. The fourth-order valence-corrected chi connectivity index (χ4v) is 1.28. The van der Waals surface area contributed by atoms with Gasteiger partial charge in [0.15, 0.2) is 6.29 Å². The van der Waals surface area contributed by atoms with E-state index in [0.29, 0.717) is 30.8 Å². The van der Waals surface area contributed by atoms with E-state index in [1.54, 1.807) is 6.07 Å². The van der Waals surface area contributed by atoms with Gasteiger partial charge < -0.3 is 9.53 Å². The van der Waals surface area contributed by atoms with Gasteiger partial charge in [-0.1, -0.05) is 12.1 Å². The van der Waals surface area contributed by atoms with Crippen LogP contribution in [0.15, 0.2) is 18.2 Å². The van der Waals surface area contributed by atoms with Gasteiger partial charge in [0.05, 0.1) is 12.2 Å². The molecule has 0 spiro atoms. The van der Waals surface area contributed by atoms with Crippen molar-refractivity contribution in [3.05, 3.63) is 29.3 Å². The molecule has 1 aromatic carbocycles. The van der Waals surface area contributed by atoms with Gasteiger partial charge in [0.2, 0.25) is 0 Å². The van der Waals surface area contributed by atoms with Crippen LogP contribution in [0.1, 0.15) is 28.8 Å². The summed E-state index contributed by atoms with van der Waals surface area (Å²) in [5, 5.41) is 0. The summed E-state index contributed by atoms with van der Waals surface area (Å²) >= 11 is 0. The summed E-state index contributed by atoms with van der Waals surface area (Å²) in [5.41, 5.74) is 1.49. The van der Waals surface area contributed by atoms with E-state index in [1.165, 1.54) is 0 Å². The molecule has 3 nitrogen and oxygen atoms in total. The standard InChI is InChI=1S/C12H14O3/c1-10-5-4-6-12(11(10)9-14)15-8-3-2-7-13/h4-7,9H,2-3,8H2,1H3. The summed E-state index contributed by atoms with van der Waals surface area (Å²) < 4.78 is 5.42. The molecule has 0 aromatic heterocycles. The Balaban J connectivity index is 2.63. The van der Waals surface area contributed by atoms with Crippen molar-refractivity contribution >= 4 is 12.6 Å². The highest BCUT2D eigenvalue weighted by Crippen LogP contribution is 2.19. The number of aldehydes is 2. The van der Waals surface area contributed by atoms with Crippen LogP contribution in [0.25, 0.3) is 0 Å². The van der Waals surface area contributed by atoms with Crippen molar-refractivity contribution in [3.63, 3.8) is 0 Å². The summed E-state index contributed by atoms with van der Waals surface area (Å²) in [5.74, 6) is 0.593. The first kappa shape index (κ1) is 11.4. The topological polar surface area (TPSA) is 43.4 Å². The van der Waals surface area contributed by atoms with Crippen LogP contribution in [0.3, 0.4) is 0 Å². The summed E-state index contributed by atoms with van der Waals surface area (Å²) in [4.78, 5) is 20.9. The van der Waals surface area contributed by atoms with E-state index >= 15 is 0 Å². The Kier molecular flexibility index (Phi) is 4.54. The number of hydrogen-bond donors (Lipinski definition) is 0. The molecule has 0 saturated heterocycles. The fourth-order valence-electron chi connectivity index (χ4n) is 1.28. The molecule has 1 aromatic rings. The second kappa shape index (κ2) is 5.96. The van der Waals surface area contributed by atoms with E-state index in [9.17, 15) is 9.59 Å². The molecule has 0 unspecified atom stereocenters. The third-order valence-electron chi connectivity index (χ3n) is 2.13. The van der Waals surface area contributed by atoms with Crippen LogP contribution in [-0.4, -0.2) is 19.2 Å². The summed E-state index contributed by atoms with van der Waals surface area (Å²) in [7, 11) is 0. The van der Waals surface area contributed by atoms with Gasteiger partial charge in [-0.15, -0.1) is 0 Å². The third kappa shape index (κ3) is 3.20. The largest absolute Gasteiger partial charge is 0.493 e. The quantitative estimate of drug-likeness (QED) is 0.529. The zero-order valence-corrected chi connectivity index (χ0v) is 8.73. The maximum Gasteiger partial charge on any atom is 0.154 e. The predicted molar refractivity (Wildman–Crippen MR) is 57.4 cm³/mol. The van der Waals surface area contributed by atoms with Gasteiger partial charge in [-0.3, -0.25) is 4.79 Å². The Labute approximate surface area is 89.1 Å². The van der Waals surface area contributed by atoms with Crippen molar-refractivity contribution in [2.24, 2.45) is 0 Å². The maximum absolute atomic E-state index is 10.8. The van der Waals surface area contributed by atoms with Crippen LogP contribution in [0, 0.1) is 6.92 Å². The first-order valence-corrected chi connectivity index (χ1v) is 4.91. The first-order chi connectivity index (χ1) is 7.29. The normalized spacial score (nSPS) is 9.67. The Hall–Kier alpha value is -1.64. The molecule has 0 N–H and O–H groups in total. The van der Waals surface area contributed by atoms with Crippen molar-refractivity contribution < 1.29 is 14.3 Å². The van der Waals surface area contributed by atoms with Gasteiger partial charge in [-0.2, -0.15) is 0 Å². The molecule has 1 rings (SSSR count). The molecule has 3 heteroatoms. The van der Waals surface area contributed by atoms with Crippen molar-refractivity contribution in [1.29, 1.82) is 0 Å². The van der Waals surface area contributed by atoms with Gasteiger partial charge in [0.1, 0.15) is 12.0 Å². The molecule has 0 aliphatic carbocycles. The SMILES string of the molecule is Cc1cccc(OCCCC=O)c1C=O. The Morgan fingerprint density at radius 3 is 2.80 bits per heavy atom. The van der Waals surface area contributed by atoms with Gasteiger partial charge >= 0.3 is 0 Å². The number of carbonyl (C=O) groups excluding carboxylic acids is 2. The molecular formula is C12H14O3. The molecule has 0 radical (unpaired) electrons.